The summed E-state index contributed by atoms with van der Waals surface area (Å²) < 4.78 is 43.6. The van der Waals surface area contributed by atoms with E-state index in [1.165, 1.54) is 12.1 Å². The van der Waals surface area contributed by atoms with Crippen LogP contribution in [0.3, 0.4) is 0 Å². The van der Waals surface area contributed by atoms with E-state index in [4.69, 9.17) is 4.74 Å². The minimum absolute atomic E-state index is 0.0836. The van der Waals surface area contributed by atoms with Crippen LogP contribution in [0.15, 0.2) is 59.6 Å². The second-order valence-corrected chi connectivity index (χ2v) is 5.20. The summed E-state index contributed by atoms with van der Waals surface area (Å²) in [6.45, 7) is 1.93. The van der Waals surface area contributed by atoms with Crippen LogP contribution in [0, 0.1) is 0 Å². The Morgan fingerprint density at radius 2 is 1.59 bits per heavy atom. The molecule has 3 rings (SSSR count). The molecule has 114 valence electrons. The molecule has 1 aliphatic rings. The summed E-state index contributed by atoms with van der Waals surface area (Å²) in [5.74, 6) is 0.384. The molecule has 0 aliphatic carbocycles. The number of hydrogen-bond donors (Lipinski definition) is 0. The van der Waals surface area contributed by atoms with Gasteiger partial charge in [0.15, 0.2) is 0 Å². The van der Waals surface area contributed by atoms with Crippen molar-refractivity contribution in [2.45, 2.75) is 25.2 Å². The fraction of sp³-hybridized carbons (Fsp3) is 0.235. The van der Waals surface area contributed by atoms with Crippen LogP contribution in [0.5, 0.6) is 0 Å². The lowest BCUT2D eigenvalue weighted by Crippen LogP contribution is -2.11. The highest BCUT2D eigenvalue weighted by Crippen LogP contribution is 2.32. The van der Waals surface area contributed by atoms with Gasteiger partial charge in [-0.15, -0.1) is 0 Å². The number of halogens is 3. The van der Waals surface area contributed by atoms with Gasteiger partial charge in [-0.05, 0) is 36.8 Å². The fourth-order valence-corrected chi connectivity index (χ4v) is 2.44. The Kier molecular flexibility index (Phi) is 3.64. The average Bonchev–Trinajstić information content (AvgIpc) is 2.89. The summed E-state index contributed by atoms with van der Waals surface area (Å²) in [6.07, 6.45) is -4.55. The van der Waals surface area contributed by atoms with Crippen molar-refractivity contribution >= 4 is 5.90 Å². The van der Waals surface area contributed by atoms with Crippen molar-refractivity contribution in [3.63, 3.8) is 0 Å². The fourth-order valence-electron chi connectivity index (χ4n) is 2.44. The minimum Gasteiger partial charge on any atom is -0.467 e. The number of benzene rings is 2. The highest BCUT2D eigenvalue weighted by molar-refractivity contribution is 5.95. The summed E-state index contributed by atoms with van der Waals surface area (Å²) in [7, 11) is 0. The first kappa shape index (κ1) is 14.6. The molecule has 5 heteroatoms. The Morgan fingerprint density at radius 3 is 2.18 bits per heavy atom. The van der Waals surface area contributed by atoms with Crippen LogP contribution >= 0.6 is 0 Å². The van der Waals surface area contributed by atoms with E-state index in [1.54, 1.807) is 0 Å². The van der Waals surface area contributed by atoms with Gasteiger partial charge in [0.05, 0.1) is 11.6 Å². The molecule has 0 N–H and O–H groups in total. The van der Waals surface area contributed by atoms with Crippen molar-refractivity contribution < 1.29 is 17.9 Å². The first-order chi connectivity index (χ1) is 10.4. The Hall–Kier alpha value is -2.30. The Morgan fingerprint density at radius 1 is 0.955 bits per heavy atom. The molecule has 0 unspecified atom stereocenters. The molecule has 0 amide bonds. The lowest BCUT2D eigenvalue weighted by molar-refractivity contribution is -0.137. The van der Waals surface area contributed by atoms with Crippen LogP contribution in [0.2, 0.25) is 0 Å². The van der Waals surface area contributed by atoms with Crippen molar-refractivity contribution in [3.05, 3.63) is 71.3 Å². The van der Waals surface area contributed by atoms with E-state index in [1.807, 2.05) is 37.3 Å². The number of rotatable bonds is 2. The normalized spacial score (nSPS) is 21.4. The molecule has 2 aromatic carbocycles. The maximum Gasteiger partial charge on any atom is 0.416 e. The summed E-state index contributed by atoms with van der Waals surface area (Å²) in [5.41, 5.74) is 0.876. The maximum atomic E-state index is 12.6. The van der Waals surface area contributed by atoms with Gasteiger partial charge in [0, 0.05) is 5.56 Å². The van der Waals surface area contributed by atoms with E-state index in [0.29, 0.717) is 11.5 Å². The second kappa shape index (κ2) is 5.48. The highest BCUT2D eigenvalue weighted by atomic mass is 19.4. The van der Waals surface area contributed by atoms with Crippen LogP contribution in [0.25, 0.3) is 0 Å². The van der Waals surface area contributed by atoms with Gasteiger partial charge >= 0.3 is 6.18 Å². The third-order valence-corrected chi connectivity index (χ3v) is 3.58. The lowest BCUT2D eigenvalue weighted by Gasteiger charge is -2.15. The van der Waals surface area contributed by atoms with E-state index in [9.17, 15) is 13.2 Å². The van der Waals surface area contributed by atoms with Crippen LogP contribution in [-0.2, 0) is 10.9 Å². The zero-order valence-electron chi connectivity index (χ0n) is 11.8. The molecule has 0 radical (unpaired) electrons. The molecule has 0 fully saturated rings. The quantitative estimate of drug-likeness (QED) is 0.794. The monoisotopic (exact) mass is 305 g/mol. The molecule has 2 aromatic rings. The number of ether oxygens (including phenoxy) is 1. The van der Waals surface area contributed by atoms with Gasteiger partial charge in [-0.3, -0.25) is 0 Å². The minimum atomic E-state index is -4.34. The van der Waals surface area contributed by atoms with Gasteiger partial charge in [0.25, 0.3) is 0 Å². The molecule has 0 bridgehead atoms. The van der Waals surface area contributed by atoms with Crippen LogP contribution in [-0.4, -0.2) is 11.9 Å². The maximum absolute atomic E-state index is 12.6. The molecule has 2 nitrogen and oxygen atoms in total. The second-order valence-electron chi connectivity index (χ2n) is 5.20. The first-order valence-electron chi connectivity index (χ1n) is 6.92. The Labute approximate surface area is 126 Å². The molecular weight excluding hydrogens is 291 g/mol. The van der Waals surface area contributed by atoms with Gasteiger partial charge in [0.2, 0.25) is 5.90 Å². The predicted octanol–water partition coefficient (Wildman–Crippen LogP) is 4.61. The molecule has 0 saturated heterocycles. The van der Waals surface area contributed by atoms with Crippen molar-refractivity contribution in [2.75, 3.05) is 0 Å². The van der Waals surface area contributed by atoms with Gasteiger partial charge in [0.1, 0.15) is 6.10 Å². The number of aliphatic imine (C=N–C) groups is 1. The molecule has 0 aromatic heterocycles. The van der Waals surface area contributed by atoms with Gasteiger partial charge in [-0.25, -0.2) is 4.99 Å². The highest BCUT2D eigenvalue weighted by Gasteiger charge is 2.32. The zero-order chi connectivity index (χ0) is 15.7. The topological polar surface area (TPSA) is 21.6 Å². The van der Waals surface area contributed by atoms with Crippen LogP contribution in [0.4, 0.5) is 13.2 Å². The Balaban J connectivity index is 1.81. The van der Waals surface area contributed by atoms with Crippen molar-refractivity contribution in [2.24, 2.45) is 4.99 Å². The molecular formula is C17H14F3NO. The number of nitrogens with zero attached hydrogens (tertiary/aromatic N) is 1. The molecule has 0 saturated carbocycles. The van der Waals surface area contributed by atoms with E-state index < -0.39 is 11.7 Å². The van der Waals surface area contributed by atoms with E-state index >= 15 is 0 Å². The van der Waals surface area contributed by atoms with E-state index in [2.05, 4.69) is 4.99 Å². The van der Waals surface area contributed by atoms with E-state index in [-0.39, 0.29) is 12.1 Å². The van der Waals surface area contributed by atoms with Gasteiger partial charge < -0.3 is 4.74 Å². The molecule has 1 heterocycles. The van der Waals surface area contributed by atoms with Crippen molar-refractivity contribution in [1.29, 1.82) is 0 Å². The van der Waals surface area contributed by atoms with Crippen LogP contribution < -0.4 is 0 Å². The average molecular weight is 305 g/mol. The third kappa shape index (κ3) is 2.84. The summed E-state index contributed by atoms with van der Waals surface area (Å²) in [6, 6.07) is 14.4. The molecule has 1 aliphatic heterocycles. The molecule has 2 atom stereocenters. The first-order valence-corrected chi connectivity index (χ1v) is 6.92. The standard InChI is InChI=1S/C17H14F3NO/c1-11-15(12-5-3-2-4-6-12)22-16(21-11)13-7-9-14(10-8-13)17(18,19)20/h2-11,15H,1H3/t11-,15+/m1/s1. The number of alkyl halides is 3. The summed E-state index contributed by atoms with van der Waals surface area (Å²) in [5, 5.41) is 0. The number of hydrogen-bond acceptors (Lipinski definition) is 2. The third-order valence-electron chi connectivity index (χ3n) is 3.58. The predicted molar refractivity (Wildman–Crippen MR) is 77.7 cm³/mol. The lowest BCUT2D eigenvalue weighted by atomic mass is 10.0. The Bertz CT molecular complexity index is 677. The molecule has 22 heavy (non-hydrogen) atoms. The molecule has 0 spiro atoms. The van der Waals surface area contributed by atoms with Gasteiger partial charge in [-0.2, -0.15) is 13.2 Å². The van der Waals surface area contributed by atoms with E-state index in [0.717, 1.165) is 17.7 Å². The largest absolute Gasteiger partial charge is 0.467 e. The SMILES string of the molecule is C[C@H]1N=C(c2ccc(C(F)(F)F)cc2)O[C@@H]1c1ccccc1. The smallest absolute Gasteiger partial charge is 0.416 e. The van der Waals surface area contributed by atoms with Gasteiger partial charge in [-0.1, -0.05) is 30.3 Å². The van der Waals surface area contributed by atoms with Crippen molar-refractivity contribution in [1.82, 2.24) is 0 Å². The summed E-state index contributed by atoms with van der Waals surface area (Å²) in [4.78, 5) is 4.42. The summed E-state index contributed by atoms with van der Waals surface area (Å²) >= 11 is 0. The van der Waals surface area contributed by atoms with Crippen molar-refractivity contribution in [3.8, 4) is 0 Å². The zero-order valence-corrected chi connectivity index (χ0v) is 11.8. The van der Waals surface area contributed by atoms with Crippen LogP contribution in [0.1, 0.15) is 29.7 Å².